The van der Waals surface area contributed by atoms with Gasteiger partial charge in [-0.3, -0.25) is 4.90 Å². The minimum atomic E-state index is -3.47. The molecule has 0 unspecified atom stereocenters. The van der Waals surface area contributed by atoms with Gasteiger partial charge in [-0.05, 0) is 19.9 Å². The average Bonchev–Trinajstić information content (AvgIpc) is 2.39. The Kier molecular flexibility index (Phi) is 4.39. The smallest absolute Gasteiger partial charge is 0.246 e. The van der Waals surface area contributed by atoms with E-state index in [0.29, 0.717) is 23.6 Å². The number of pyridine rings is 1. The number of aromatic nitrogens is 1. The van der Waals surface area contributed by atoms with Crippen molar-refractivity contribution in [1.29, 1.82) is 0 Å². The summed E-state index contributed by atoms with van der Waals surface area (Å²) in [5.74, 6) is 0. The molecule has 2 rings (SSSR count). The second-order valence-electron chi connectivity index (χ2n) is 4.91. The highest BCUT2D eigenvalue weighted by Gasteiger charge is 2.29. The molecule has 0 atom stereocenters. The summed E-state index contributed by atoms with van der Waals surface area (Å²) in [7, 11) is -3.47. The molecule has 0 bridgehead atoms. The van der Waals surface area contributed by atoms with Crippen LogP contribution in [0.4, 0.5) is 0 Å². The van der Waals surface area contributed by atoms with Crippen LogP contribution in [0.15, 0.2) is 23.4 Å². The van der Waals surface area contributed by atoms with Crippen LogP contribution in [0.25, 0.3) is 0 Å². The van der Waals surface area contributed by atoms with Crippen molar-refractivity contribution < 1.29 is 8.42 Å². The van der Waals surface area contributed by atoms with Crippen molar-refractivity contribution >= 4 is 22.2 Å². The third kappa shape index (κ3) is 3.05. The van der Waals surface area contributed by atoms with E-state index in [9.17, 15) is 8.42 Å². The maximum Gasteiger partial charge on any atom is 0.246 e. The largest absolute Gasteiger partial charge is 0.366 e. The number of sulfonamides is 1. The van der Waals surface area contributed by atoms with Crippen molar-refractivity contribution in [1.82, 2.24) is 14.2 Å². The van der Waals surface area contributed by atoms with E-state index in [-0.39, 0.29) is 4.90 Å². The van der Waals surface area contributed by atoms with Gasteiger partial charge in [-0.2, -0.15) is 4.31 Å². The van der Waals surface area contributed by atoms with Gasteiger partial charge in [0.1, 0.15) is 4.90 Å². The number of nitrogens with one attached hydrogen (secondary N) is 1. The van der Waals surface area contributed by atoms with Crippen LogP contribution in [0.5, 0.6) is 0 Å². The second-order valence-corrected chi connectivity index (χ2v) is 7.25. The molecular formula is C12H19N3O2S2. The molecule has 0 radical (unpaired) electrons. The third-order valence-corrected chi connectivity index (χ3v) is 5.83. The molecule has 106 valence electrons. The summed E-state index contributed by atoms with van der Waals surface area (Å²) in [5, 5.41) is 0. The van der Waals surface area contributed by atoms with Gasteiger partial charge in [0.05, 0.1) is 4.51 Å². The van der Waals surface area contributed by atoms with Gasteiger partial charge in [0.25, 0.3) is 0 Å². The minimum Gasteiger partial charge on any atom is -0.366 e. The fourth-order valence-electron chi connectivity index (χ4n) is 2.20. The van der Waals surface area contributed by atoms with E-state index in [0.717, 1.165) is 13.1 Å². The topological polar surface area (TPSA) is 56.4 Å². The first-order valence-corrected chi connectivity index (χ1v) is 8.19. The summed E-state index contributed by atoms with van der Waals surface area (Å²) in [6.07, 6.45) is 3.10. The molecule has 1 aromatic heterocycles. The van der Waals surface area contributed by atoms with E-state index in [4.69, 9.17) is 12.2 Å². The summed E-state index contributed by atoms with van der Waals surface area (Å²) in [4.78, 5) is 5.26. The number of H-pyrrole nitrogens is 1. The number of nitrogens with zero attached hydrogens (tertiary/aromatic N) is 2. The Morgan fingerprint density at radius 2 is 1.89 bits per heavy atom. The van der Waals surface area contributed by atoms with Gasteiger partial charge in [-0.25, -0.2) is 8.42 Å². The molecular weight excluding hydrogens is 282 g/mol. The van der Waals surface area contributed by atoms with Crippen LogP contribution in [-0.2, 0) is 10.0 Å². The summed E-state index contributed by atoms with van der Waals surface area (Å²) < 4.78 is 26.9. The van der Waals surface area contributed by atoms with Crippen molar-refractivity contribution in [2.45, 2.75) is 24.8 Å². The van der Waals surface area contributed by atoms with Crippen LogP contribution in [0.3, 0.4) is 0 Å². The first-order valence-electron chi connectivity index (χ1n) is 6.34. The molecule has 2 heterocycles. The van der Waals surface area contributed by atoms with Gasteiger partial charge in [-0.1, -0.05) is 12.2 Å². The third-order valence-electron chi connectivity index (χ3n) is 3.41. The van der Waals surface area contributed by atoms with E-state index in [1.807, 2.05) is 0 Å². The Labute approximate surface area is 119 Å². The fourth-order valence-corrected chi connectivity index (χ4v) is 4.11. The molecule has 1 saturated heterocycles. The lowest BCUT2D eigenvalue weighted by molar-refractivity contribution is 0.154. The standard InChI is InChI=1S/C12H19N3O2S2/c1-10(2)14-5-7-15(8-6-14)19(16,17)12-9-13-4-3-11(12)18/h3-4,9-10H,5-8H2,1-2H3,(H,13,18). The molecule has 0 aromatic carbocycles. The van der Waals surface area contributed by atoms with Crippen molar-refractivity contribution in [3.05, 3.63) is 23.0 Å². The first kappa shape index (κ1) is 14.6. The SMILES string of the molecule is CC(C)N1CCN(S(=O)(=O)c2c[nH]ccc2=S)CC1. The van der Waals surface area contributed by atoms with Crippen LogP contribution >= 0.6 is 12.2 Å². The van der Waals surface area contributed by atoms with Crippen LogP contribution in [0.2, 0.25) is 0 Å². The molecule has 1 fully saturated rings. The van der Waals surface area contributed by atoms with Gasteiger partial charge >= 0.3 is 0 Å². The van der Waals surface area contributed by atoms with Crippen LogP contribution in [-0.4, -0.2) is 54.8 Å². The van der Waals surface area contributed by atoms with E-state index in [2.05, 4.69) is 23.7 Å². The normalized spacial score (nSPS) is 18.9. The predicted octanol–water partition coefficient (Wildman–Crippen LogP) is 1.46. The number of hydrogen-bond donors (Lipinski definition) is 1. The van der Waals surface area contributed by atoms with E-state index in [1.165, 1.54) is 10.5 Å². The maximum atomic E-state index is 12.5. The molecule has 5 nitrogen and oxygen atoms in total. The van der Waals surface area contributed by atoms with Crippen molar-refractivity contribution in [2.75, 3.05) is 26.2 Å². The Bertz CT molecular complexity index is 587. The number of hydrogen-bond acceptors (Lipinski definition) is 4. The molecule has 0 saturated carbocycles. The molecule has 0 spiro atoms. The van der Waals surface area contributed by atoms with Crippen LogP contribution in [0, 0.1) is 4.51 Å². The first-order chi connectivity index (χ1) is 8.93. The van der Waals surface area contributed by atoms with Gasteiger partial charge in [-0.15, -0.1) is 0 Å². The predicted molar refractivity (Wildman–Crippen MR) is 77.1 cm³/mol. The molecule has 0 aliphatic carbocycles. The zero-order valence-electron chi connectivity index (χ0n) is 11.2. The van der Waals surface area contributed by atoms with Crippen molar-refractivity contribution in [2.24, 2.45) is 0 Å². The zero-order valence-corrected chi connectivity index (χ0v) is 12.8. The highest BCUT2D eigenvalue weighted by Crippen LogP contribution is 2.18. The molecule has 1 aliphatic rings. The summed E-state index contributed by atoms with van der Waals surface area (Å²) >= 11 is 5.10. The molecule has 1 aliphatic heterocycles. The Hall–Kier alpha value is -0.760. The summed E-state index contributed by atoms with van der Waals surface area (Å²) in [6.45, 7) is 6.81. The molecule has 1 aromatic rings. The fraction of sp³-hybridized carbons (Fsp3) is 0.583. The minimum absolute atomic E-state index is 0.197. The summed E-state index contributed by atoms with van der Waals surface area (Å²) in [6, 6.07) is 2.05. The van der Waals surface area contributed by atoms with Gasteiger partial charge in [0, 0.05) is 44.6 Å². The number of piperazine rings is 1. The number of rotatable bonds is 3. The van der Waals surface area contributed by atoms with Gasteiger partial charge in [0.2, 0.25) is 10.0 Å². The van der Waals surface area contributed by atoms with Gasteiger partial charge in [0.15, 0.2) is 0 Å². The van der Waals surface area contributed by atoms with E-state index in [1.54, 1.807) is 12.3 Å². The lowest BCUT2D eigenvalue weighted by Crippen LogP contribution is -2.50. The quantitative estimate of drug-likeness (QED) is 0.859. The van der Waals surface area contributed by atoms with Crippen molar-refractivity contribution in [3.63, 3.8) is 0 Å². The molecule has 1 N–H and O–H groups in total. The van der Waals surface area contributed by atoms with Crippen LogP contribution in [0.1, 0.15) is 13.8 Å². The highest BCUT2D eigenvalue weighted by molar-refractivity contribution is 7.89. The Morgan fingerprint density at radius 1 is 1.26 bits per heavy atom. The Morgan fingerprint density at radius 3 is 2.42 bits per heavy atom. The van der Waals surface area contributed by atoms with Crippen LogP contribution < -0.4 is 0 Å². The highest BCUT2D eigenvalue weighted by atomic mass is 32.2. The molecule has 7 heteroatoms. The van der Waals surface area contributed by atoms with E-state index >= 15 is 0 Å². The zero-order chi connectivity index (χ0) is 14.0. The lowest BCUT2D eigenvalue weighted by Gasteiger charge is -2.36. The van der Waals surface area contributed by atoms with Gasteiger partial charge < -0.3 is 4.98 Å². The van der Waals surface area contributed by atoms with E-state index < -0.39 is 10.0 Å². The average molecular weight is 301 g/mol. The molecule has 19 heavy (non-hydrogen) atoms. The monoisotopic (exact) mass is 301 g/mol. The maximum absolute atomic E-state index is 12.5. The lowest BCUT2D eigenvalue weighted by atomic mass is 10.3. The van der Waals surface area contributed by atoms with Crippen molar-refractivity contribution in [3.8, 4) is 0 Å². The second kappa shape index (κ2) is 5.70. The molecule has 0 amide bonds. The Balaban J connectivity index is 2.19. The number of aromatic amines is 1. The summed E-state index contributed by atoms with van der Waals surface area (Å²) in [5.41, 5.74) is 0.